The molecule has 38 heavy (non-hydrogen) atoms. The van der Waals surface area contributed by atoms with E-state index in [1.54, 1.807) is 7.11 Å². The van der Waals surface area contributed by atoms with Gasteiger partial charge in [-0.25, -0.2) is 0 Å². The molecule has 1 atom stereocenters. The quantitative estimate of drug-likeness (QED) is 0.151. The van der Waals surface area contributed by atoms with Gasteiger partial charge in [-0.1, -0.05) is 115 Å². The van der Waals surface area contributed by atoms with E-state index in [2.05, 4.69) is 91.0 Å². The lowest BCUT2D eigenvalue weighted by atomic mass is 9.83. The Morgan fingerprint density at radius 2 is 0.947 bits per heavy atom. The van der Waals surface area contributed by atoms with Gasteiger partial charge in [-0.15, -0.1) is 0 Å². The Labute approximate surface area is 226 Å². The number of ketones is 1. The standard InChI is InChI=1S/C35H32O2P/c1-37-35(30-19-9-3-10-20-30,34(36)29-17-7-2-8-18-29)27-28-38(31-21-11-4-12-22-31,32-23-13-5-14-24-32)33-25-15-6-16-26-33/h2-26H,27-28H2,1H3/q+1/t35-/m1/s1. The van der Waals surface area contributed by atoms with Crippen LogP contribution in [0.1, 0.15) is 22.3 Å². The third-order valence-electron chi connectivity index (χ3n) is 7.38. The van der Waals surface area contributed by atoms with Crippen molar-refractivity contribution in [1.82, 2.24) is 0 Å². The maximum atomic E-state index is 14.3. The summed E-state index contributed by atoms with van der Waals surface area (Å²) in [5, 5.41) is 3.88. The van der Waals surface area contributed by atoms with Gasteiger partial charge in [0.2, 0.25) is 0 Å². The summed E-state index contributed by atoms with van der Waals surface area (Å²) in [6.07, 6.45) is 1.31. The first-order valence-electron chi connectivity index (χ1n) is 13.0. The Bertz CT molecular complexity index is 1340. The van der Waals surface area contributed by atoms with E-state index >= 15 is 0 Å². The van der Waals surface area contributed by atoms with E-state index < -0.39 is 12.9 Å². The van der Waals surface area contributed by atoms with Gasteiger partial charge in [-0.05, 0) is 42.0 Å². The molecule has 0 aromatic heterocycles. The summed E-state index contributed by atoms with van der Waals surface area (Å²) in [5.74, 6) is -0.0147. The summed E-state index contributed by atoms with van der Waals surface area (Å²) in [6.45, 7) is 0. The molecule has 0 amide bonds. The average Bonchev–Trinajstić information content (AvgIpc) is 3.02. The van der Waals surface area contributed by atoms with Gasteiger partial charge in [0.25, 0.3) is 0 Å². The molecule has 0 saturated carbocycles. The fraction of sp³-hybridized carbons (Fsp3) is 0.114. The van der Waals surface area contributed by atoms with Crippen LogP contribution in [0.2, 0.25) is 0 Å². The molecule has 5 aromatic carbocycles. The number of carbonyl (C=O) groups is 1. The summed E-state index contributed by atoms with van der Waals surface area (Å²) < 4.78 is 6.31. The molecule has 0 heterocycles. The molecule has 5 rings (SSSR count). The molecule has 5 aromatic rings. The van der Waals surface area contributed by atoms with Crippen molar-refractivity contribution in [2.24, 2.45) is 0 Å². The van der Waals surface area contributed by atoms with E-state index in [1.807, 2.05) is 60.7 Å². The topological polar surface area (TPSA) is 26.3 Å². The maximum absolute atomic E-state index is 14.3. The minimum absolute atomic E-state index is 0.0147. The van der Waals surface area contributed by atoms with Crippen molar-refractivity contribution in [1.29, 1.82) is 0 Å². The van der Waals surface area contributed by atoms with Crippen LogP contribution in [0.15, 0.2) is 152 Å². The zero-order valence-electron chi connectivity index (χ0n) is 21.6. The monoisotopic (exact) mass is 515 g/mol. The Morgan fingerprint density at radius 1 is 0.579 bits per heavy atom. The average molecular weight is 516 g/mol. The summed E-state index contributed by atoms with van der Waals surface area (Å²) in [5.41, 5.74) is 0.413. The van der Waals surface area contributed by atoms with Crippen molar-refractivity contribution in [3.63, 3.8) is 0 Å². The fourth-order valence-corrected chi connectivity index (χ4v) is 9.80. The second-order valence-corrected chi connectivity index (χ2v) is 13.0. The lowest BCUT2D eigenvalue weighted by Crippen LogP contribution is -2.42. The van der Waals surface area contributed by atoms with Gasteiger partial charge in [-0.3, -0.25) is 4.79 Å². The normalized spacial score (nSPS) is 13.0. The number of benzene rings is 5. The fourth-order valence-electron chi connectivity index (χ4n) is 5.44. The van der Waals surface area contributed by atoms with Crippen molar-refractivity contribution in [2.45, 2.75) is 12.0 Å². The SMILES string of the molecule is CO[C@@](CC[P+](c1ccccc1)(c1ccccc1)c1ccccc1)(C(=O)c1ccccc1)c1ccccc1. The molecule has 0 N–H and O–H groups in total. The molecule has 0 aliphatic heterocycles. The van der Waals surface area contributed by atoms with Gasteiger partial charge in [-0.2, -0.15) is 0 Å². The molecule has 0 bridgehead atoms. The second kappa shape index (κ2) is 11.7. The lowest BCUT2D eigenvalue weighted by Gasteiger charge is -2.35. The Hall–Kier alpha value is -3.84. The zero-order valence-corrected chi connectivity index (χ0v) is 22.5. The van der Waals surface area contributed by atoms with Gasteiger partial charge in [0.15, 0.2) is 11.4 Å². The minimum atomic E-state index is -2.15. The maximum Gasteiger partial charge on any atom is 0.199 e. The smallest absolute Gasteiger partial charge is 0.199 e. The van der Waals surface area contributed by atoms with Crippen LogP contribution in [0.3, 0.4) is 0 Å². The molecule has 2 nitrogen and oxygen atoms in total. The number of methoxy groups -OCH3 is 1. The first-order valence-corrected chi connectivity index (χ1v) is 14.9. The Morgan fingerprint density at radius 3 is 1.34 bits per heavy atom. The van der Waals surface area contributed by atoms with E-state index in [4.69, 9.17) is 4.74 Å². The molecule has 188 valence electrons. The highest BCUT2D eigenvalue weighted by molar-refractivity contribution is 7.95. The van der Waals surface area contributed by atoms with Crippen LogP contribution in [0, 0.1) is 0 Å². The molecule has 0 aliphatic carbocycles. The van der Waals surface area contributed by atoms with E-state index in [0.29, 0.717) is 12.0 Å². The summed E-state index contributed by atoms with van der Waals surface area (Å²) in [4.78, 5) is 14.3. The Kier molecular flexibility index (Phi) is 7.94. The van der Waals surface area contributed by atoms with Crippen molar-refractivity contribution < 1.29 is 9.53 Å². The van der Waals surface area contributed by atoms with Crippen LogP contribution < -0.4 is 15.9 Å². The van der Waals surface area contributed by atoms with Crippen LogP contribution in [0.5, 0.6) is 0 Å². The van der Waals surface area contributed by atoms with E-state index in [-0.39, 0.29) is 5.78 Å². The predicted molar refractivity (Wildman–Crippen MR) is 161 cm³/mol. The molecule has 0 spiro atoms. The number of hydrogen-bond acceptors (Lipinski definition) is 2. The number of hydrogen-bond donors (Lipinski definition) is 0. The highest BCUT2D eigenvalue weighted by Crippen LogP contribution is 2.57. The van der Waals surface area contributed by atoms with Crippen LogP contribution in [-0.4, -0.2) is 19.1 Å². The molecule has 0 saturated heterocycles. The zero-order chi connectivity index (χ0) is 26.3. The highest BCUT2D eigenvalue weighted by Gasteiger charge is 2.50. The largest absolute Gasteiger partial charge is 0.365 e. The van der Waals surface area contributed by atoms with Crippen molar-refractivity contribution in [3.8, 4) is 0 Å². The van der Waals surface area contributed by atoms with Crippen LogP contribution in [0.4, 0.5) is 0 Å². The Balaban J connectivity index is 1.70. The van der Waals surface area contributed by atoms with E-state index in [9.17, 15) is 4.79 Å². The molecular formula is C35H32O2P+. The van der Waals surface area contributed by atoms with Crippen LogP contribution in [-0.2, 0) is 10.3 Å². The third-order valence-corrected chi connectivity index (χ3v) is 11.8. The lowest BCUT2D eigenvalue weighted by molar-refractivity contribution is -0.00290. The van der Waals surface area contributed by atoms with E-state index in [0.717, 1.165) is 11.7 Å². The predicted octanol–water partition coefficient (Wildman–Crippen LogP) is 6.80. The number of rotatable bonds is 10. The van der Waals surface area contributed by atoms with Gasteiger partial charge in [0.1, 0.15) is 23.2 Å². The van der Waals surface area contributed by atoms with Crippen LogP contribution in [0.25, 0.3) is 0 Å². The molecule has 0 radical (unpaired) electrons. The molecule has 0 aliphatic rings. The van der Waals surface area contributed by atoms with Gasteiger partial charge in [0, 0.05) is 19.1 Å². The van der Waals surface area contributed by atoms with Crippen LogP contribution >= 0.6 is 7.26 Å². The molecular weight excluding hydrogens is 483 g/mol. The number of Topliss-reactive ketones (excluding diaryl/α,β-unsaturated/α-hetero) is 1. The minimum Gasteiger partial charge on any atom is -0.365 e. The summed E-state index contributed by atoms with van der Waals surface area (Å²) >= 11 is 0. The van der Waals surface area contributed by atoms with Crippen molar-refractivity contribution >= 4 is 29.0 Å². The highest BCUT2D eigenvalue weighted by atomic mass is 31.2. The van der Waals surface area contributed by atoms with Crippen molar-refractivity contribution in [3.05, 3.63) is 163 Å². The van der Waals surface area contributed by atoms with Gasteiger partial charge >= 0.3 is 0 Å². The number of ether oxygens (including phenoxy) is 1. The number of carbonyl (C=O) groups excluding carboxylic acids is 1. The molecule has 0 fully saturated rings. The first kappa shape index (κ1) is 25.8. The first-order chi connectivity index (χ1) is 18.7. The van der Waals surface area contributed by atoms with E-state index in [1.165, 1.54) is 15.9 Å². The third kappa shape index (κ3) is 4.86. The second-order valence-electron chi connectivity index (χ2n) is 9.38. The van der Waals surface area contributed by atoms with Gasteiger partial charge < -0.3 is 4.74 Å². The van der Waals surface area contributed by atoms with Crippen molar-refractivity contribution in [2.75, 3.05) is 13.3 Å². The summed E-state index contributed by atoms with van der Waals surface area (Å²) in [7, 11) is -0.479. The summed E-state index contributed by atoms with van der Waals surface area (Å²) in [6, 6.07) is 51.8. The van der Waals surface area contributed by atoms with Gasteiger partial charge in [0.05, 0.1) is 6.16 Å². The molecule has 0 unspecified atom stereocenters. The molecule has 3 heteroatoms.